The first-order valence-corrected chi connectivity index (χ1v) is 4.33. The molecule has 0 aliphatic heterocycles. The van der Waals surface area contributed by atoms with Gasteiger partial charge in [-0.1, -0.05) is 0 Å². The van der Waals surface area contributed by atoms with Gasteiger partial charge in [0.15, 0.2) is 0 Å². The molecule has 3 nitrogen and oxygen atoms in total. The van der Waals surface area contributed by atoms with Crippen LogP contribution in [0.5, 0.6) is 0 Å². The second-order valence-corrected chi connectivity index (χ2v) is 3.45. The lowest BCUT2D eigenvalue weighted by atomic mass is 10.1. The van der Waals surface area contributed by atoms with Crippen molar-refractivity contribution in [1.82, 2.24) is 0 Å². The van der Waals surface area contributed by atoms with Gasteiger partial charge in [0.25, 0.3) is 0 Å². The minimum absolute atomic E-state index is 0.0885. The Kier molecular flexibility index (Phi) is 2.83. The first-order valence-electron chi connectivity index (χ1n) is 3.25. The smallest absolute Gasteiger partial charge is 0.249 e. The maximum absolute atomic E-state index is 13.0. The predicted molar refractivity (Wildman–Crippen MR) is 52.3 cm³/mol. The fourth-order valence-electron chi connectivity index (χ4n) is 0.821. The van der Waals surface area contributed by atoms with Crippen LogP contribution in [0.4, 0.5) is 4.39 Å². The summed E-state index contributed by atoms with van der Waals surface area (Å²) in [7, 11) is 0. The molecule has 0 atom stereocenters. The van der Waals surface area contributed by atoms with E-state index in [-0.39, 0.29) is 11.1 Å². The quantitative estimate of drug-likeness (QED) is 0.794. The highest BCUT2D eigenvalue weighted by molar-refractivity contribution is 14.1. The molecule has 0 saturated carbocycles. The minimum atomic E-state index is -0.725. The van der Waals surface area contributed by atoms with Gasteiger partial charge in [-0.25, -0.2) is 4.39 Å². The molecule has 1 aromatic carbocycles. The third-order valence-corrected chi connectivity index (χ3v) is 2.34. The molecule has 66 valence electrons. The second kappa shape index (κ2) is 3.70. The SMILES string of the molecule is N#Cc1cc(I)c(C(N)=O)cc1F. The maximum atomic E-state index is 13.0. The predicted octanol–water partition coefficient (Wildman–Crippen LogP) is 1.40. The van der Waals surface area contributed by atoms with Crippen LogP contribution >= 0.6 is 22.6 Å². The van der Waals surface area contributed by atoms with Crippen LogP contribution in [0.1, 0.15) is 15.9 Å². The molecule has 5 heteroatoms. The highest BCUT2D eigenvalue weighted by Gasteiger charge is 2.11. The Labute approximate surface area is 87.5 Å². The van der Waals surface area contributed by atoms with E-state index in [0.29, 0.717) is 3.57 Å². The molecule has 0 unspecified atom stereocenters. The number of halogens is 2. The van der Waals surface area contributed by atoms with Crippen LogP contribution in [-0.4, -0.2) is 5.91 Å². The highest BCUT2D eigenvalue weighted by atomic mass is 127. The number of rotatable bonds is 1. The number of carbonyl (C=O) groups is 1. The Balaban J connectivity index is 3.39. The molecule has 0 heterocycles. The molecule has 0 fully saturated rings. The van der Waals surface area contributed by atoms with Gasteiger partial charge >= 0.3 is 0 Å². The van der Waals surface area contributed by atoms with Crippen molar-refractivity contribution in [3.8, 4) is 6.07 Å². The number of nitriles is 1. The molecule has 1 aromatic rings. The number of nitrogens with zero attached hydrogens (tertiary/aromatic N) is 1. The zero-order valence-corrected chi connectivity index (χ0v) is 8.50. The lowest BCUT2D eigenvalue weighted by Gasteiger charge is -2.00. The van der Waals surface area contributed by atoms with Crippen molar-refractivity contribution < 1.29 is 9.18 Å². The normalized spacial score (nSPS) is 9.31. The van der Waals surface area contributed by atoms with Crippen molar-refractivity contribution in [2.75, 3.05) is 0 Å². The average molecular weight is 290 g/mol. The van der Waals surface area contributed by atoms with Gasteiger partial charge in [-0.15, -0.1) is 0 Å². The van der Waals surface area contributed by atoms with Crippen LogP contribution in [0, 0.1) is 20.7 Å². The Morgan fingerprint density at radius 3 is 2.69 bits per heavy atom. The molecule has 2 N–H and O–H groups in total. The van der Waals surface area contributed by atoms with E-state index in [9.17, 15) is 9.18 Å². The summed E-state index contributed by atoms with van der Waals surface area (Å²) in [5.74, 6) is -1.43. The van der Waals surface area contributed by atoms with Crippen LogP contribution < -0.4 is 5.73 Å². The van der Waals surface area contributed by atoms with E-state index in [1.165, 1.54) is 6.07 Å². The summed E-state index contributed by atoms with van der Waals surface area (Å²) in [5.41, 5.74) is 4.99. The van der Waals surface area contributed by atoms with Crippen LogP contribution in [0.3, 0.4) is 0 Å². The van der Waals surface area contributed by atoms with Gasteiger partial charge in [0.05, 0.1) is 11.1 Å². The molecule has 1 rings (SSSR count). The van der Waals surface area contributed by atoms with Crippen LogP contribution in [-0.2, 0) is 0 Å². The Morgan fingerprint density at radius 1 is 1.62 bits per heavy atom. The minimum Gasteiger partial charge on any atom is -0.366 e. The number of amides is 1. The molecule has 13 heavy (non-hydrogen) atoms. The molecule has 0 saturated heterocycles. The van der Waals surface area contributed by atoms with Crippen LogP contribution in [0.25, 0.3) is 0 Å². The largest absolute Gasteiger partial charge is 0.366 e. The van der Waals surface area contributed by atoms with Crippen LogP contribution in [0.2, 0.25) is 0 Å². The highest BCUT2D eigenvalue weighted by Crippen LogP contribution is 2.16. The number of carbonyl (C=O) groups excluding carboxylic acids is 1. The molecule has 0 aliphatic carbocycles. The van der Waals surface area contributed by atoms with E-state index in [4.69, 9.17) is 11.0 Å². The van der Waals surface area contributed by atoms with E-state index in [2.05, 4.69) is 0 Å². The van der Waals surface area contributed by atoms with Gasteiger partial charge in [-0.2, -0.15) is 5.26 Å². The summed E-state index contributed by atoms with van der Waals surface area (Å²) in [6, 6.07) is 3.93. The molecule has 0 radical (unpaired) electrons. The van der Waals surface area contributed by atoms with Gasteiger partial charge in [-0.05, 0) is 34.7 Å². The fourth-order valence-corrected chi connectivity index (χ4v) is 1.55. The van der Waals surface area contributed by atoms with E-state index < -0.39 is 11.7 Å². The number of nitrogens with two attached hydrogens (primary N) is 1. The zero-order chi connectivity index (χ0) is 10.0. The third-order valence-electron chi connectivity index (χ3n) is 1.44. The standard InChI is InChI=1S/C8H4FIN2O/c9-6-2-5(8(12)13)7(10)1-4(6)3-11/h1-2H,(H2,12,13). The monoisotopic (exact) mass is 290 g/mol. The summed E-state index contributed by atoms with van der Waals surface area (Å²) in [6.07, 6.45) is 0. The van der Waals surface area contributed by atoms with Crippen LogP contribution in [0.15, 0.2) is 12.1 Å². The van der Waals surface area contributed by atoms with E-state index in [1.807, 2.05) is 22.6 Å². The average Bonchev–Trinajstić information content (AvgIpc) is 2.07. The summed E-state index contributed by atoms with van der Waals surface area (Å²) in [5, 5.41) is 8.46. The fraction of sp³-hybridized carbons (Fsp3) is 0. The van der Waals surface area contributed by atoms with Crippen molar-refractivity contribution in [3.63, 3.8) is 0 Å². The van der Waals surface area contributed by atoms with Crippen molar-refractivity contribution in [2.45, 2.75) is 0 Å². The van der Waals surface area contributed by atoms with E-state index in [0.717, 1.165) is 6.07 Å². The van der Waals surface area contributed by atoms with E-state index in [1.54, 1.807) is 6.07 Å². The topological polar surface area (TPSA) is 66.9 Å². The number of primary amides is 1. The van der Waals surface area contributed by atoms with Gasteiger partial charge in [0.1, 0.15) is 11.9 Å². The molecule has 1 amide bonds. The first kappa shape index (κ1) is 9.92. The molecule has 0 bridgehead atoms. The number of hydrogen-bond donors (Lipinski definition) is 1. The number of benzene rings is 1. The summed E-state index contributed by atoms with van der Waals surface area (Å²) in [6.45, 7) is 0. The molecular formula is C8H4FIN2O. The van der Waals surface area contributed by atoms with Gasteiger partial charge in [-0.3, -0.25) is 4.79 Å². The molecular weight excluding hydrogens is 286 g/mol. The summed E-state index contributed by atoms with van der Waals surface area (Å²) >= 11 is 1.82. The lowest BCUT2D eigenvalue weighted by Crippen LogP contribution is -2.13. The first-order chi connectivity index (χ1) is 6.06. The summed E-state index contributed by atoms with van der Waals surface area (Å²) in [4.78, 5) is 10.7. The zero-order valence-electron chi connectivity index (χ0n) is 6.34. The van der Waals surface area contributed by atoms with Crippen molar-refractivity contribution in [3.05, 3.63) is 32.6 Å². The van der Waals surface area contributed by atoms with Gasteiger partial charge < -0.3 is 5.73 Å². The van der Waals surface area contributed by atoms with E-state index >= 15 is 0 Å². The van der Waals surface area contributed by atoms with Crippen molar-refractivity contribution in [2.24, 2.45) is 5.73 Å². The second-order valence-electron chi connectivity index (χ2n) is 2.29. The Hall–Kier alpha value is -1.16. The maximum Gasteiger partial charge on any atom is 0.249 e. The third kappa shape index (κ3) is 1.95. The Morgan fingerprint density at radius 2 is 2.23 bits per heavy atom. The van der Waals surface area contributed by atoms with Gasteiger partial charge in [0.2, 0.25) is 5.91 Å². The Bertz CT molecular complexity index is 411. The molecule has 0 aromatic heterocycles. The number of hydrogen-bond acceptors (Lipinski definition) is 2. The molecule has 0 spiro atoms. The lowest BCUT2D eigenvalue weighted by molar-refractivity contribution is 0.0999. The molecule has 0 aliphatic rings. The van der Waals surface area contributed by atoms with Gasteiger partial charge in [0, 0.05) is 3.57 Å². The van der Waals surface area contributed by atoms with Crippen molar-refractivity contribution >= 4 is 28.5 Å². The summed E-state index contributed by atoms with van der Waals surface area (Å²) < 4.78 is 13.4. The van der Waals surface area contributed by atoms with Crippen molar-refractivity contribution in [1.29, 1.82) is 5.26 Å².